The highest BCUT2D eigenvalue weighted by atomic mass is 79.9. The molecule has 0 aliphatic carbocycles. The number of alkyl halides is 3. The van der Waals surface area contributed by atoms with E-state index < -0.39 is 35.0 Å². The molecule has 1 aromatic heterocycles. The summed E-state index contributed by atoms with van der Waals surface area (Å²) in [4.78, 5) is 30.1. The number of carbonyl (C=O) groups excluding carboxylic acids is 1. The van der Waals surface area contributed by atoms with Crippen LogP contribution in [-0.4, -0.2) is 37.0 Å². The third-order valence-electron chi connectivity index (χ3n) is 5.61. The van der Waals surface area contributed by atoms with Crippen molar-refractivity contribution in [3.8, 4) is 11.5 Å². The Hall–Kier alpha value is -3.09. The van der Waals surface area contributed by atoms with Crippen molar-refractivity contribution in [1.82, 2.24) is 4.57 Å². The van der Waals surface area contributed by atoms with E-state index in [1.807, 2.05) is 0 Å². The van der Waals surface area contributed by atoms with Gasteiger partial charge >= 0.3 is 12.1 Å². The molecule has 0 unspecified atom stereocenters. The van der Waals surface area contributed by atoms with Gasteiger partial charge in [-0.15, -0.1) is 0 Å². The van der Waals surface area contributed by atoms with Crippen molar-refractivity contribution in [1.29, 1.82) is 0 Å². The van der Waals surface area contributed by atoms with Crippen LogP contribution in [0.5, 0.6) is 11.5 Å². The van der Waals surface area contributed by atoms with Gasteiger partial charge in [0.2, 0.25) is 0 Å². The average Bonchev–Trinajstić information content (AvgIpc) is 3.18. The number of carbonyl (C=O) groups is 1. The van der Waals surface area contributed by atoms with Crippen LogP contribution in [-0.2, 0) is 9.53 Å². The molecule has 0 radical (unpaired) electrons. The van der Waals surface area contributed by atoms with Crippen molar-refractivity contribution < 1.29 is 32.2 Å². The second-order valence-corrected chi connectivity index (χ2v) is 10.4. The Bertz CT molecular complexity index is 1630. The number of rotatable bonds is 7. The number of allylic oxidation sites excluding steroid dienone is 1. The van der Waals surface area contributed by atoms with Crippen LogP contribution in [0.15, 0.2) is 61.9 Å². The molecule has 206 valence electrons. The fourth-order valence-electron chi connectivity index (χ4n) is 4.08. The lowest BCUT2D eigenvalue weighted by molar-refractivity contribution is -0.140. The number of halogens is 5. The molecule has 2 heterocycles. The van der Waals surface area contributed by atoms with Crippen molar-refractivity contribution in [2.24, 2.45) is 4.99 Å². The van der Waals surface area contributed by atoms with E-state index in [2.05, 4.69) is 20.9 Å². The molecule has 1 aliphatic heterocycles. The molecule has 0 amide bonds. The van der Waals surface area contributed by atoms with E-state index in [-0.39, 0.29) is 21.5 Å². The number of hydrogen-bond acceptors (Lipinski definition) is 7. The summed E-state index contributed by atoms with van der Waals surface area (Å²) in [6.07, 6.45) is -3.48. The fraction of sp³-hybridized carbons (Fsp3) is 0.269. The maximum atomic E-state index is 14.2. The summed E-state index contributed by atoms with van der Waals surface area (Å²) in [7, 11) is 1.48. The molecular weight excluding hydrogens is 625 g/mol. The zero-order valence-electron chi connectivity index (χ0n) is 20.8. The summed E-state index contributed by atoms with van der Waals surface area (Å²) in [5.74, 6) is -0.355. The molecule has 0 N–H and O–H groups in total. The number of benzene rings is 2. The first-order valence-corrected chi connectivity index (χ1v) is 13.5. The largest absolute Gasteiger partial charge is 0.492 e. The quantitative estimate of drug-likeness (QED) is 0.332. The number of thiazole rings is 1. The first-order chi connectivity index (χ1) is 18.5. The van der Waals surface area contributed by atoms with E-state index >= 15 is 0 Å². The lowest BCUT2D eigenvalue weighted by Crippen LogP contribution is -2.41. The monoisotopic (exact) mass is 644 g/mol. The summed E-state index contributed by atoms with van der Waals surface area (Å²) < 4.78 is 60.4. The van der Waals surface area contributed by atoms with Crippen LogP contribution in [0.3, 0.4) is 0 Å². The normalized spacial score (nSPS) is 15.6. The number of esters is 1. The molecule has 7 nitrogen and oxygen atoms in total. The van der Waals surface area contributed by atoms with Gasteiger partial charge in [0, 0.05) is 5.02 Å². The lowest BCUT2D eigenvalue weighted by Gasteiger charge is -2.26. The van der Waals surface area contributed by atoms with Crippen LogP contribution in [0.2, 0.25) is 5.02 Å². The molecule has 39 heavy (non-hydrogen) atoms. The molecule has 13 heteroatoms. The highest BCUT2D eigenvalue weighted by molar-refractivity contribution is 9.10. The van der Waals surface area contributed by atoms with Gasteiger partial charge in [0.25, 0.3) is 5.56 Å². The summed E-state index contributed by atoms with van der Waals surface area (Å²) in [5.41, 5.74) is -2.07. The predicted octanol–water partition coefficient (Wildman–Crippen LogP) is 5.16. The van der Waals surface area contributed by atoms with Crippen molar-refractivity contribution in [3.63, 3.8) is 0 Å². The van der Waals surface area contributed by atoms with E-state index in [0.717, 1.165) is 15.9 Å². The molecule has 0 saturated heterocycles. The predicted molar refractivity (Wildman–Crippen MR) is 144 cm³/mol. The molecule has 0 fully saturated rings. The van der Waals surface area contributed by atoms with Gasteiger partial charge in [0.1, 0.15) is 0 Å². The summed E-state index contributed by atoms with van der Waals surface area (Å²) in [6.45, 7) is 3.46. The van der Waals surface area contributed by atoms with E-state index in [0.29, 0.717) is 33.2 Å². The number of ether oxygens (including phenoxy) is 3. The third-order valence-corrected chi connectivity index (χ3v) is 7.44. The third kappa shape index (κ3) is 5.78. The van der Waals surface area contributed by atoms with E-state index in [1.54, 1.807) is 19.1 Å². The van der Waals surface area contributed by atoms with E-state index in [4.69, 9.17) is 25.8 Å². The Labute approximate surface area is 237 Å². The Balaban J connectivity index is 2.02. The Morgan fingerprint density at radius 1 is 1.21 bits per heavy atom. The number of hydrogen-bond donors (Lipinski definition) is 0. The van der Waals surface area contributed by atoms with E-state index in [9.17, 15) is 22.8 Å². The highest BCUT2D eigenvalue weighted by Gasteiger charge is 2.45. The van der Waals surface area contributed by atoms with Crippen LogP contribution in [0, 0.1) is 0 Å². The Morgan fingerprint density at radius 3 is 2.49 bits per heavy atom. The molecule has 0 bridgehead atoms. The minimum atomic E-state index is -4.99. The van der Waals surface area contributed by atoms with Gasteiger partial charge in [0.05, 0.1) is 40.9 Å². The average molecular weight is 646 g/mol. The fourth-order valence-corrected chi connectivity index (χ4v) is 5.83. The first kappa shape index (κ1) is 28.9. The lowest BCUT2D eigenvalue weighted by atomic mass is 9.95. The minimum Gasteiger partial charge on any atom is -0.492 e. The molecule has 2 aromatic carbocycles. The summed E-state index contributed by atoms with van der Waals surface area (Å²) in [6, 6.07) is 7.72. The number of nitrogens with zero attached hydrogens (tertiary/aromatic N) is 2. The van der Waals surface area contributed by atoms with Crippen LogP contribution < -0.4 is 24.4 Å². The zero-order chi connectivity index (χ0) is 28.5. The SMILES string of the molecule is CCOC(=O)C1=C(C(F)(F)F)N=c2s/c(=C\c3cc(Br)c(OC)c(OCC)c3)c(=O)n2[C@@H]1c1ccc(Cl)cc1. The second kappa shape index (κ2) is 11.6. The van der Waals surface area contributed by atoms with Crippen LogP contribution >= 0.6 is 38.9 Å². The van der Waals surface area contributed by atoms with Crippen molar-refractivity contribution in [2.45, 2.75) is 26.1 Å². The first-order valence-electron chi connectivity index (χ1n) is 11.6. The Kier molecular flexibility index (Phi) is 8.57. The minimum absolute atomic E-state index is 0.0962. The molecule has 3 aromatic rings. The molecule has 1 aliphatic rings. The maximum Gasteiger partial charge on any atom is 0.434 e. The van der Waals surface area contributed by atoms with Crippen molar-refractivity contribution in [3.05, 3.63) is 88.0 Å². The highest BCUT2D eigenvalue weighted by Crippen LogP contribution is 2.39. The van der Waals surface area contributed by atoms with Gasteiger partial charge in [-0.2, -0.15) is 13.2 Å². The zero-order valence-corrected chi connectivity index (χ0v) is 23.9. The summed E-state index contributed by atoms with van der Waals surface area (Å²) in [5, 5.41) is 0.332. The van der Waals surface area contributed by atoms with Gasteiger partial charge in [-0.3, -0.25) is 9.36 Å². The van der Waals surface area contributed by atoms with Crippen LogP contribution in [0.25, 0.3) is 6.08 Å². The smallest absolute Gasteiger partial charge is 0.434 e. The standard InChI is InChI=1S/C26H21BrClF3N2O5S/c1-4-37-17-11-13(10-16(27)21(17)36-3)12-18-23(34)33-20(14-6-8-15(28)9-7-14)19(24(35)38-5-2)22(26(29,30)31)32-25(33)39-18/h6-12,20H,4-5H2,1-3H3/b18-12-/t20-/m1/s1. The van der Waals surface area contributed by atoms with Crippen LogP contribution in [0.4, 0.5) is 13.2 Å². The van der Waals surface area contributed by atoms with Gasteiger partial charge < -0.3 is 14.2 Å². The Morgan fingerprint density at radius 2 is 1.90 bits per heavy atom. The molecule has 4 rings (SSSR count). The van der Waals surface area contributed by atoms with Gasteiger partial charge in [-0.05, 0) is 71.2 Å². The van der Waals surface area contributed by atoms with Crippen molar-refractivity contribution >= 4 is 50.9 Å². The molecule has 0 spiro atoms. The van der Waals surface area contributed by atoms with Gasteiger partial charge in [-0.1, -0.05) is 35.1 Å². The number of aromatic nitrogens is 1. The molecule has 1 atom stereocenters. The maximum absolute atomic E-state index is 14.2. The van der Waals surface area contributed by atoms with Gasteiger partial charge in [-0.25, -0.2) is 9.79 Å². The number of fused-ring (bicyclic) bond motifs is 1. The summed E-state index contributed by atoms with van der Waals surface area (Å²) >= 11 is 10.2. The van der Waals surface area contributed by atoms with Gasteiger partial charge in [0.15, 0.2) is 22.0 Å². The van der Waals surface area contributed by atoms with E-state index in [1.165, 1.54) is 44.4 Å². The van der Waals surface area contributed by atoms with Crippen LogP contribution in [0.1, 0.15) is 31.0 Å². The van der Waals surface area contributed by atoms with Crippen molar-refractivity contribution in [2.75, 3.05) is 20.3 Å². The molecular formula is C26H21BrClF3N2O5S. The topological polar surface area (TPSA) is 79.1 Å². The second-order valence-electron chi connectivity index (χ2n) is 8.08. The number of methoxy groups -OCH3 is 1. The molecule has 0 saturated carbocycles.